The number of benzene rings is 1. The van der Waals surface area contributed by atoms with Crippen molar-refractivity contribution in [3.63, 3.8) is 0 Å². The number of hydrogen-bond donors (Lipinski definition) is 1. The molecule has 23 heavy (non-hydrogen) atoms. The molecule has 0 saturated heterocycles. The average Bonchev–Trinajstić information content (AvgIpc) is 3.31. The van der Waals surface area contributed by atoms with Crippen molar-refractivity contribution in [2.45, 2.75) is 32.7 Å². The molecule has 0 unspecified atom stereocenters. The van der Waals surface area contributed by atoms with Crippen LogP contribution in [-0.4, -0.2) is 17.6 Å². The number of nitrogens with zero attached hydrogens (tertiary/aromatic N) is 1. The summed E-state index contributed by atoms with van der Waals surface area (Å²) < 4.78 is 6.89. The molecule has 1 aromatic carbocycles. The summed E-state index contributed by atoms with van der Waals surface area (Å²) in [7, 11) is 1.57. The smallest absolute Gasteiger partial charge is 0.264 e. The highest BCUT2D eigenvalue weighted by atomic mass is 16.5. The van der Waals surface area contributed by atoms with Gasteiger partial charge in [-0.15, -0.1) is 0 Å². The SMILES string of the molecule is COc1cccc(NC(=O)c2c(C)cc(C)n(C3CC3)c2=O)c1. The molecule has 1 aliphatic carbocycles. The van der Waals surface area contributed by atoms with Gasteiger partial charge in [0.05, 0.1) is 7.11 Å². The number of ether oxygens (including phenoxy) is 1. The fourth-order valence-corrected chi connectivity index (χ4v) is 2.86. The molecule has 0 radical (unpaired) electrons. The predicted molar refractivity (Wildman–Crippen MR) is 89.4 cm³/mol. The normalized spacial score (nSPS) is 13.7. The van der Waals surface area contributed by atoms with Crippen LogP contribution in [0.3, 0.4) is 0 Å². The predicted octanol–water partition coefficient (Wildman–Crippen LogP) is 3.06. The van der Waals surface area contributed by atoms with E-state index in [1.165, 1.54) is 0 Å². The van der Waals surface area contributed by atoms with Gasteiger partial charge in [0, 0.05) is 23.5 Å². The highest BCUT2D eigenvalue weighted by molar-refractivity contribution is 6.05. The molecular weight excluding hydrogens is 292 g/mol. The summed E-state index contributed by atoms with van der Waals surface area (Å²) in [4.78, 5) is 25.3. The Bertz CT molecular complexity index is 820. The zero-order valence-corrected chi connectivity index (χ0v) is 13.6. The highest BCUT2D eigenvalue weighted by Gasteiger charge is 2.28. The van der Waals surface area contributed by atoms with E-state index in [4.69, 9.17) is 4.74 Å². The molecule has 0 atom stereocenters. The summed E-state index contributed by atoms with van der Waals surface area (Å²) in [6.45, 7) is 3.71. The summed E-state index contributed by atoms with van der Waals surface area (Å²) in [6, 6.07) is 9.22. The summed E-state index contributed by atoms with van der Waals surface area (Å²) in [5.74, 6) is 0.272. The molecule has 1 aromatic heterocycles. The van der Waals surface area contributed by atoms with Gasteiger partial charge in [-0.25, -0.2) is 0 Å². The van der Waals surface area contributed by atoms with Gasteiger partial charge < -0.3 is 14.6 Å². The van der Waals surface area contributed by atoms with Crippen LogP contribution in [0.5, 0.6) is 5.75 Å². The number of carbonyl (C=O) groups is 1. The number of anilines is 1. The lowest BCUT2D eigenvalue weighted by Crippen LogP contribution is -2.31. The van der Waals surface area contributed by atoms with Crippen molar-refractivity contribution in [2.24, 2.45) is 0 Å². The molecule has 1 N–H and O–H groups in total. The first kappa shape index (κ1) is 15.3. The van der Waals surface area contributed by atoms with E-state index < -0.39 is 0 Å². The van der Waals surface area contributed by atoms with Crippen LogP contribution in [0.2, 0.25) is 0 Å². The number of pyridine rings is 1. The maximum atomic E-state index is 12.7. The van der Waals surface area contributed by atoms with E-state index in [-0.39, 0.29) is 23.1 Å². The zero-order chi connectivity index (χ0) is 16.6. The molecular formula is C18H20N2O3. The quantitative estimate of drug-likeness (QED) is 0.944. The van der Waals surface area contributed by atoms with E-state index >= 15 is 0 Å². The number of nitrogens with one attached hydrogen (secondary N) is 1. The third kappa shape index (κ3) is 2.99. The molecule has 0 aliphatic heterocycles. The van der Waals surface area contributed by atoms with Gasteiger partial charge in [0.15, 0.2) is 0 Å². The summed E-state index contributed by atoms with van der Waals surface area (Å²) in [5.41, 5.74) is 2.22. The summed E-state index contributed by atoms with van der Waals surface area (Å²) in [6.07, 6.45) is 2.00. The number of aromatic nitrogens is 1. The van der Waals surface area contributed by atoms with Gasteiger partial charge in [0.1, 0.15) is 11.3 Å². The molecule has 2 aromatic rings. The van der Waals surface area contributed by atoms with Gasteiger partial charge in [-0.2, -0.15) is 0 Å². The molecule has 0 bridgehead atoms. The minimum atomic E-state index is -0.379. The molecule has 1 aliphatic rings. The van der Waals surface area contributed by atoms with E-state index in [9.17, 15) is 9.59 Å². The second-order valence-electron chi connectivity index (χ2n) is 5.94. The van der Waals surface area contributed by atoms with E-state index in [1.54, 1.807) is 42.9 Å². The van der Waals surface area contributed by atoms with Gasteiger partial charge in [-0.1, -0.05) is 6.07 Å². The van der Waals surface area contributed by atoms with E-state index in [0.29, 0.717) is 17.0 Å². The Balaban J connectivity index is 1.96. The van der Waals surface area contributed by atoms with Crippen LogP contribution in [0.15, 0.2) is 35.1 Å². The summed E-state index contributed by atoms with van der Waals surface area (Å²) in [5, 5.41) is 2.79. The maximum absolute atomic E-state index is 12.7. The Morgan fingerprint density at radius 3 is 2.65 bits per heavy atom. The van der Waals surface area contributed by atoms with Crippen LogP contribution in [0, 0.1) is 13.8 Å². The third-order valence-corrected chi connectivity index (χ3v) is 4.10. The Kier molecular flexibility index (Phi) is 3.94. The average molecular weight is 312 g/mol. The minimum absolute atomic E-state index is 0.203. The lowest BCUT2D eigenvalue weighted by molar-refractivity contribution is 0.102. The molecule has 1 amide bonds. The van der Waals surface area contributed by atoms with E-state index in [0.717, 1.165) is 18.5 Å². The molecule has 120 valence electrons. The summed E-state index contributed by atoms with van der Waals surface area (Å²) >= 11 is 0. The largest absolute Gasteiger partial charge is 0.497 e. The second-order valence-corrected chi connectivity index (χ2v) is 5.94. The van der Waals surface area contributed by atoms with Gasteiger partial charge in [-0.3, -0.25) is 9.59 Å². The van der Waals surface area contributed by atoms with Crippen LogP contribution >= 0.6 is 0 Å². The van der Waals surface area contributed by atoms with Gasteiger partial charge >= 0.3 is 0 Å². The van der Waals surface area contributed by atoms with Crippen molar-refractivity contribution in [3.05, 3.63) is 57.5 Å². The van der Waals surface area contributed by atoms with Gasteiger partial charge in [0.25, 0.3) is 11.5 Å². The molecule has 1 fully saturated rings. The lowest BCUT2D eigenvalue weighted by atomic mass is 10.1. The first-order chi connectivity index (χ1) is 11.0. The first-order valence-corrected chi connectivity index (χ1v) is 7.69. The number of rotatable bonds is 4. The van der Waals surface area contributed by atoms with E-state index in [1.807, 2.05) is 13.0 Å². The Hall–Kier alpha value is -2.56. The molecule has 1 heterocycles. The minimum Gasteiger partial charge on any atom is -0.497 e. The topological polar surface area (TPSA) is 60.3 Å². The molecule has 1 saturated carbocycles. The van der Waals surface area contributed by atoms with Crippen LogP contribution in [0.1, 0.15) is 40.5 Å². The van der Waals surface area contributed by atoms with Crippen molar-refractivity contribution >= 4 is 11.6 Å². The molecule has 5 heteroatoms. The first-order valence-electron chi connectivity index (χ1n) is 7.69. The van der Waals surface area contributed by atoms with E-state index in [2.05, 4.69) is 5.32 Å². The monoisotopic (exact) mass is 312 g/mol. The Morgan fingerprint density at radius 1 is 1.26 bits per heavy atom. The molecule has 5 nitrogen and oxygen atoms in total. The lowest BCUT2D eigenvalue weighted by Gasteiger charge is -2.14. The van der Waals surface area contributed by atoms with Crippen molar-refractivity contribution < 1.29 is 9.53 Å². The van der Waals surface area contributed by atoms with Crippen LogP contribution in [0.4, 0.5) is 5.69 Å². The van der Waals surface area contributed by atoms with Gasteiger partial charge in [-0.05, 0) is 50.5 Å². The maximum Gasteiger partial charge on any atom is 0.264 e. The van der Waals surface area contributed by atoms with Crippen molar-refractivity contribution in [1.29, 1.82) is 0 Å². The number of methoxy groups -OCH3 is 1. The van der Waals surface area contributed by atoms with Crippen molar-refractivity contribution in [3.8, 4) is 5.75 Å². The second kappa shape index (κ2) is 5.91. The highest BCUT2D eigenvalue weighted by Crippen LogP contribution is 2.34. The zero-order valence-electron chi connectivity index (χ0n) is 13.6. The van der Waals surface area contributed by atoms with Crippen LogP contribution < -0.4 is 15.6 Å². The molecule has 0 spiro atoms. The number of aryl methyl sites for hydroxylation is 2. The molecule has 3 rings (SSSR count). The van der Waals surface area contributed by atoms with Gasteiger partial charge in [0.2, 0.25) is 0 Å². The fraction of sp³-hybridized carbons (Fsp3) is 0.333. The third-order valence-electron chi connectivity index (χ3n) is 4.10. The van der Waals surface area contributed by atoms with Crippen molar-refractivity contribution in [2.75, 3.05) is 12.4 Å². The van der Waals surface area contributed by atoms with Crippen LogP contribution in [0.25, 0.3) is 0 Å². The standard InChI is InChI=1S/C18H20N2O3/c1-11-9-12(2)20(14-7-8-14)18(22)16(11)17(21)19-13-5-4-6-15(10-13)23-3/h4-6,9-10,14H,7-8H2,1-3H3,(H,19,21). The van der Waals surface area contributed by atoms with Crippen LogP contribution in [-0.2, 0) is 0 Å². The number of carbonyl (C=O) groups excluding carboxylic acids is 1. The van der Waals surface area contributed by atoms with Crippen molar-refractivity contribution in [1.82, 2.24) is 4.57 Å². The Labute approximate surface area is 134 Å². The number of amides is 1. The fourth-order valence-electron chi connectivity index (χ4n) is 2.86. The number of hydrogen-bond acceptors (Lipinski definition) is 3. The Morgan fingerprint density at radius 2 is 2.00 bits per heavy atom.